The van der Waals surface area contributed by atoms with Crippen LogP contribution in [0.5, 0.6) is 5.75 Å². The predicted octanol–water partition coefficient (Wildman–Crippen LogP) is 8.58. The molecule has 6 rings (SSSR count). The van der Waals surface area contributed by atoms with E-state index < -0.39 is 0 Å². The van der Waals surface area contributed by atoms with Crippen LogP contribution in [0.4, 0.5) is 5.13 Å². The van der Waals surface area contributed by atoms with E-state index in [1.54, 1.807) is 41.3 Å². The Balaban J connectivity index is 0.917. The van der Waals surface area contributed by atoms with Gasteiger partial charge in [0, 0.05) is 48.1 Å². The van der Waals surface area contributed by atoms with E-state index >= 15 is 0 Å². The number of oxazole rings is 1. The molecule has 1 N–H and O–H groups in total. The number of likely N-dealkylation sites (tertiary alicyclic amines) is 2. The lowest BCUT2D eigenvalue weighted by Crippen LogP contribution is -2.50. The Morgan fingerprint density at radius 3 is 2.42 bits per heavy atom. The van der Waals surface area contributed by atoms with Crippen LogP contribution in [-0.4, -0.2) is 92.2 Å². The SMILES string of the molecule is CCCC(c1ccc(OCC(=O)N2CCC(N3CCC(C(=O)Nc4ncc(SCc5ncc(C(C)(C)C)o5)s4)CC3)CC2)cc1)N(C(=O)/C(C#N)=C/c1nccs1)C(C)C. The smallest absolute Gasteiger partial charge is 0.265 e. The second-order valence-corrected chi connectivity index (χ2v) is 19.8. The third-order valence-electron chi connectivity index (χ3n) is 11.0. The molecule has 2 fully saturated rings. The van der Waals surface area contributed by atoms with Crippen molar-refractivity contribution < 1.29 is 23.5 Å². The molecule has 1 unspecified atom stereocenters. The number of amides is 3. The third kappa shape index (κ3) is 11.8. The molecule has 1 aromatic carbocycles. The van der Waals surface area contributed by atoms with Gasteiger partial charge in [-0.1, -0.05) is 57.6 Å². The first-order valence-corrected chi connectivity index (χ1v) is 23.4. The second-order valence-electron chi connectivity index (χ2n) is 16.6. The largest absolute Gasteiger partial charge is 0.484 e. The number of ether oxygens (including phenoxy) is 1. The molecule has 16 heteroatoms. The summed E-state index contributed by atoms with van der Waals surface area (Å²) < 4.78 is 12.9. The monoisotopic (exact) mass is 872 g/mol. The molecule has 320 valence electrons. The first-order valence-electron chi connectivity index (χ1n) is 20.8. The number of hydrogen-bond acceptors (Lipinski definition) is 13. The van der Waals surface area contributed by atoms with Gasteiger partial charge in [-0.2, -0.15) is 5.26 Å². The van der Waals surface area contributed by atoms with Gasteiger partial charge in [0.2, 0.25) is 11.8 Å². The van der Waals surface area contributed by atoms with Gasteiger partial charge in [-0.25, -0.2) is 15.0 Å². The Kier molecular flexibility index (Phi) is 15.6. The van der Waals surface area contributed by atoms with E-state index in [0.717, 1.165) is 67.1 Å². The van der Waals surface area contributed by atoms with Gasteiger partial charge in [0.25, 0.3) is 11.8 Å². The highest BCUT2D eigenvalue weighted by Gasteiger charge is 2.33. The highest BCUT2D eigenvalue weighted by atomic mass is 32.2. The van der Waals surface area contributed by atoms with Crippen molar-refractivity contribution in [3.8, 4) is 11.8 Å². The second kappa shape index (κ2) is 20.8. The van der Waals surface area contributed by atoms with Crippen LogP contribution < -0.4 is 10.1 Å². The van der Waals surface area contributed by atoms with Crippen LogP contribution in [0.3, 0.4) is 0 Å². The fourth-order valence-corrected chi connectivity index (χ4v) is 9.96. The van der Waals surface area contributed by atoms with Crippen LogP contribution in [0.25, 0.3) is 6.08 Å². The van der Waals surface area contributed by atoms with E-state index in [-0.39, 0.29) is 53.3 Å². The molecular formula is C44H56N8O5S3. The number of carbonyl (C=O) groups is 3. The molecule has 5 heterocycles. The van der Waals surface area contributed by atoms with Gasteiger partial charge in [-0.15, -0.1) is 23.1 Å². The lowest BCUT2D eigenvalue weighted by atomic mass is 9.93. The van der Waals surface area contributed by atoms with Gasteiger partial charge in [0.1, 0.15) is 28.2 Å². The number of benzene rings is 1. The first kappa shape index (κ1) is 45.0. The van der Waals surface area contributed by atoms with Crippen LogP contribution in [-0.2, 0) is 25.6 Å². The molecule has 2 saturated heterocycles. The molecule has 2 aliphatic rings. The number of nitrogens with zero attached hydrogens (tertiary/aromatic N) is 7. The van der Waals surface area contributed by atoms with Crippen LogP contribution in [0.1, 0.15) is 108 Å². The lowest BCUT2D eigenvalue weighted by molar-refractivity contribution is -0.135. The van der Waals surface area contributed by atoms with Crippen molar-refractivity contribution in [2.45, 2.75) is 114 Å². The standard InChI is InChI=1S/C44H56N8O5S3/c1-7-8-35(52(29(2)3)42(55)32(24-45)23-38-46-17-22-58-38)30-9-11-34(12-10-30)56-27-39(53)51-20-15-33(16-21-51)50-18-13-31(14-19-50)41(54)49-43-48-26-40(60-43)59-28-37-47-25-36(57-37)44(4,5)6/h9-12,17,22-23,25-26,29,31,33,35H,7-8,13-16,18-21,27-28H2,1-6H3,(H,48,49,54)/b32-23+. The van der Waals surface area contributed by atoms with Crippen molar-refractivity contribution in [2.75, 3.05) is 38.1 Å². The maximum Gasteiger partial charge on any atom is 0.265 e. The number of nitrogens with one attached hydrogen (secondary N) is 1. The highest BCUT2D eigenvalue weighted by molar-refractivity contribution is 8.00. The Labute approximate surface area is 365 Å². The number of piperidine rings is 2. The molecule has 2 aliphatic heterocycles. The lowest BCUT2D eigenvalue weighted by Gasteiger charge is -2.41. The van der Waals surface area contributed by atoms with Crippen molar-refractivity contribution in [3.63, 3.8) is 0 Å². The highest BCUT2D eigenvalue weighted by Crippen LogP contribution is 2.34. The van der Waals surface area contributed by atoms with Crippen molar-refractivity contribution in [3.05, 3.63) is 76.0 Å². The molecule has 0 aliphatic carbocycles. The number of thiazole rings is 2. The summed E-state index contributed by atoms with van der Waals surface area (Å²) in [5.41, 5.74) is 0.907. The van der Waals surface area contributed by atoms with Crippen LogP contribution in [0, 0.1) is 17.2 Å². The third-order valence-corrected chi connectivity index (χ3v) is 13.8. The van der Waals surface area contributed by atoms with Crippen LogP contribution in [0.15, 0.2) is 62.4 Å². The maximum atomic E-state index is 13.7. The maximum absolute atomic E-state index is 13.7. The van der Waals surface area contributed by atoms with E-state index in [4.69, 9.17) is 9.15 Å². The number of nitriles is 1. The summed E-state index contributed by atoms with van der Waals surface area (Å²) in [5.74, 6) is 2.33. The van der Waals surface area contributed by atoms with E-state index in [9.17, 15) is 19.6 Å². The molecule has 0 radical (unpaired) electrons. The van der Waals surface area contributed by atoms with E-state index in [0.29, 0.717) is 46.7 Å². The molecule has 1 atom stereocenters. The van der Waals surface area contributed by atoms with Gasteiger partial charge in [-0.05, 0) is 82.8 Å². The Morgan fingerprint density at radius 2 is 1.80 bits per heavy atom. The fraction of sp³-hybridized carbons (Fsp3) is 0.523. The minimum atomic E-state index is -0.324. The minimum Gasteiger partial charge on any atom is -0.484 e. The molecular weight excluding hydrogens is 817 g/mol. The quantitative estimate of drug-likeness (QED) is 0.0653. The van der Waals surface area contributed by atoms with E-state index in [1.165, 1.54) is 22.7 Å². The predicted molar refractivity (Wildman–Crippen MR) is 237 cm³/mol. The zero-order chi connectivity index (χ0) is 42.8. The number of carbonyl (C=O) groups excluding carboxylic acids is 3. The zero-order valence-electron chi connectivity index (χ0n) is 35.4. The first-order chi connectivity index (χ1) is 28.8. The zero-order valence-corrected chi connectivity index (χ0v) is 37.8. The molecule has 3 aromatic heterocycles. The Morgan fingerprint density at radius 1 is 1.07 bits per heavy atom. The Bertz CT molecular complexity index is 2100. The molecule has 3 amide bonds. The van der Waals surface area contributed by atoms with Gasteiger partial charge < -0.3 is 29.2 Å². The summed E-state index contributed by atoms with van der Waals surface area (Å²) in [6.07, 6.45) is 11.7. The number of aromatic nitrogens is 3. The summed E-state index contributed by atoms with van der Waals surface area (Å²) in [6.45, 7) is 15.3. The minimum absolute atomic E-state index is 0.0246. The van der Waals surface area contributed by atoms with Crippen molar-refractivity contribution in [2.24, 2.45) is 5.92 Å². The average molecular weight is 873 g/mol. The van der Waals surface area contributed by atoms with Crippen LogP contribution >= 0.6 is 34.4 Å². The normalized spacial score (nSPS) is 16.4. The summed E-state index contributed by atoms with van der Waals surface area (Å²) in [5, 5.41) is 15.9. The number of thioether (sulfide) groups is 1. The summed E-state index contributed by atoms with van der Waals surface area (Å²) >= 11 is 4.44. The van der Waals surface area contributed by atoms with Crippen molar-refractivity contribution in [1.82, 2.24) is 29.7 Å². The summed E-state index contributed by atoms with van der Waals surface area (Å²) in [4.78, 5) is 59.3. The van der Waals surface area contributed by atoms with Gasteiger partial charge >= 0.3 is 0 Å². The van der Waals surface area contributed by atoms with Gasteiger partial charge in [-0.3, -0.25) is 14.4 Å². The molecule has 13 nitrogen and oxygen atoms in total. The molecule has 60 heavy (non-hydrogen) atoms. The molecule has 0 saturated carbocycles. The van der Waals surface area contributed by atoms with Gasteiger partial charge in [0.05, 0.1) is 28.4 Å². The number of anilines is 1. The molecule has 4 aromatic rings. The van der Waals surface area contributed by atoms with Crippen molar-refractivity contribution >= 4 is 63.4 Å². The van der Waals surface area contributed by atoms with E-state index in [1.807, 2.05) is 48.4 Å². The fourth-order valence-electron chi connectivity index (χ4n) is 7.66. The Hall–Kier alpha value is -4.56. The van der Waals surface area contributed by atoms with Crippen LogP contribution in [0.2, 0.25) is 0 Å². The topological polar surface area (TPSA) is 158 Å². The van der Waals surface area contributed by atoms with Gasteiger partial charge in [0.15, 0.2) is 11.7 Å². The average Bonchev–Trinajstić information content (AvgIpc) is 4.04. The summed E-state index contributed by atoms with van der Waals surface area (Å²) in [7, 11) is 0. The molecule has 0 bridgehead atoms. The van der Waals surface area contributed by atoms with E-state index in [2.05, 4.69) is 58.9 Å². The molecule has 0 spiro atoms. The van der Waals surface area contributed by atoms with Crippen molar-refractivity contribution in [1.29, 1.82) is 5.26 Å². The number of rotatable bonds is 16. The summed E-state index contributed by atoms with van der Waals surface area (Å²) in [6, 6.07) is 9.66. The number of hydrogen-bond donors (Lipinski definition) is 1.